The molecule has 3 saturated heterocycles. The van der Waals surface area contributed by atoms with Crippen LogP contribution < -0.4 is 5.32 Å². The minimum Gasteiger partial charge on any atom is -0.463 e. The molecule has 1 unspecified atom stereocenters. The standard InChI is InChI=1S/C23H26N4O3/c1-26-21(13-20(25-26)22-8-5-11-29-22)19-14-27-10-9-16(19)12-18(27)15-30-23(28)24-17-6-3-2-4-7-17/h2-8,11,13,16,18-19H,9-10,12,14-15H2,1H3,(H,24,28)/t16-,18+,19+/m0/s1. The second kappa shape index (κ2) is 7.99. The number of hydrogen-bond donors (Lipinski definition) is 1. The third-order valence-electron chi connectivity index (χ3n) is 6.38. The molecule has 30 heavy (non-hydrogen) atoms. The first-order chi connectivity index (χ1) is 14.7. The molecule has 0 radical (unpaired) electrons. The molecule has 4 atom stereocenters. The van der Waals surface area contributed by atoms with Crippen LogP contribution in [0.4, 0.5) is 10.5 Å². The zero-order valence-electron chi connectivity index (χ0n) is 17.0. The highest BCUT2D eigenvalue weighted by Crippen LogP contribution is 2.42. The zero-order chi connectivity index (χ0) is 20.5. The van der Waals surface area contributed by atoms with Gasteiger partial charge in [0, 0.05) is 36.9 Å². The third-order valence-corrected chi connectivity index (χ3v) is 6.38. The van der Waals surface area contributed by atoms with Crippen molar-refractivity contribution >= 4 is 11.8 Å². The van der Waals surface area contributed by atoms with E-state index in [2.05, 4.69) is 21.4 Å². The molecule has 3 aliphatic heterocycles. The minimum absolute atomic E-state index is 0.277. The number of ether oxygens (including phenoxy) is 1. The van der Waals surface area contributed by atoms with E-state index in [-0.39, 0.29) is 6.04 Å². The van der Waals surface area contributed by atoms with Crippen molar-refractivity contribution < 1.29 is 13.9 Å². The number of fused-ring (bicyclic) bond motifs is 3. The van der Waals surface area contributed by atoms with Crippen LogP contribution in [0.1, 0.15) is 24.5 Å². The molecule has 3 fully saturated rings. The average Bonchev–Trinajstić information content (AvgIpc) is 3.43. The number of hydrogen-bond acceptors (Lipinski definition) is 5. The Labute approximate surface area is 175 Å². The molecule has 2 aromatic heterocycles. The van der Waals surface area contributed by atoms with E-state index < -0.39 is 6.09 Å². The van der Waals surface area contributed by atoms with E-state index in [9.17, 15) is 4.79 Å². The number of rotatable bonds is 5. The molecule has 7 nitrogen and oxygen atoms in total. The molecule has 0 spiro atoms. The van der Waals surface area contributed by atoms with E-state index >= 15 is 0 Å². The summed E-state index contributed by atoms with van der Waals surface area (Å²) in [6.07, 6.45) is 3.48. The van der Waals surface area contributed by atoms with Crippen LogP contribution in [-0.2, 0) is 11.8 Å². The van der Waals surface area contributed by atoms with Crippen molar-refractivity contribution in [2.24, 2.45) is 13.0 Å². The first-order valence-corrected chi connectivity index (χ1v) is 10.5. The highest BCUT2D eigenvalue weighted by Gasteiger charge is 2.42. The van der Waals surface area contributed by atoms with E-state index in [1.165, 1.54) is 12.1 Å². The number of benzene rings is 1. The Morgan fingerprint density at radius 3 is 2.87 bits per heavy atom. The van der Waals surface area contributed by atoms with E-state index in [1.54, 1.807) is 6.26 Å². The summed E-state index contributed by atoms with van der Waals surface area (Å²) in [6, 6.07) is 15.6. The van der Waals surface area contributed by atoms with Gasteiger partial charge in [0.2, 0.25) is 0 Å². The molecule has 7 heteroatoms. The summed E-state index contributed by atoms with van der Waals surface area (Å²) in [5, 5.41) is 7.44. The van der Waals surface area contributed by atoms with Crippen LogP contribution in [0.5, 0.6) is 0 Å². The van der Waals surface area contributed by atoms with E-state index in [1.807, 2.05) is 54.2 Å². The molecular formula is C23H26N4O3. The van der Waals surface area contributed by atoms with Gasteiger partial charge in [-0.05, 0) is 55.6 Å². The van der Waals surface area contributed by atoms with Gasteiger partial charge in [0.05, 0.1) is 6.26 Å². The fourth-order valence-corrected chi connectivity index (χ4v) is 4.87. The van der Waals surface area contributed by atoms with Crippen LogP contribution in [0, 0.1) is 5.92 Å². The van der Waals surface area contributed by atoms with Gasteiger partial charge in [0.15, 0.2) is 5.76 Å². The lowest BCUT2D eigenvalue weighted by molar-refractivity contribution is -0.00222. The monoisotopic (exact) mass is 406 g/mol. The topological polar surface area (TPSA) is 72.5 Å². The Bertz CT molecular complexity index is 999. The lowest BCUT2D eigenvalue weighted by Gasteiger charge is -2.49. The van der Waals surface area contributed by atoms with Crippen molar-refractivity contribution in [1.29, 1.82) is 0 Å². The van der Waals surface area contributed by atoms with E-state index in [0.717, 1.165) is 36.7 Å². The molecule has 156 valence electrons. The number of nitrogens with one attached hydrogen (secondary N) is 1. The fourth-order valence-electron chi connectivity index (χ4n) is 4.87. The van der Waals surface area contributed by atoms with Crippen molar-refractivity contribution in [2.75, 3.05) is 25.0 Å². The number of aryl methyl sites for hydroxylation is 1. The fraction of sp³-hybridized carbons (Fsp3) is 0.391. The molecule has 5 heterocycles. The number of aromatic nitrogens is 2. The van der Waals surface area contributed by atoms with Gasteiger partial charge in [-0.25, -0.2) is 4.79 Å². The smallest absolute Gasteiger partial charge is 0.411 e. The van der Waals surface area contributed by atoms with Crippen LogP contribution in [0.15, 0.2) is 59.2 Å². The highest BCUT2D eigenvalue weighted by atomic mass is 16.5. The minimum atomic E-state index is -0.393. The van der Waals surface area contributed by atoms with Crippen LogP contribution in [0.2, 0.25) is 0 Å². The number of carbonyl (C=O) groups is 1. The Kier molecular flexibility index (Phi) is 5.04. The number of amides is 1. The van der Waals surface area contributed by atoms with Gasteiger partial charge in [-0.1, -0.05) is 18.2 Å². The summed E-state index contributed by atoms with van der Waals surface area (Å²) >= 11 is 0. The van der Waals surface area contributed by atoms with Crippen LogP contribution >= 0.6 is 0 Å². The Morgan fingerprint density at radius 1 is 1.27 bits per heavy atom. The lowest BCUT2D eigenvalue weighted by Crippen LogP contribution is -2.54. The molecular weight excluding hydrogens is 380 g/mol. The van der Waals surface area contributed by atoms with Gasteiger partial charge < -0.3 is 9.15 Å². The van der Waals surface area contributed by atoms with E-state index in [0.29, 0.717) is 18.4 Å². The van der Waals surface area contributed by atoms with Gasteiger partial charge in [-0.15, -0.1) is 0 Å². The van der Waals surface area contributed by atoms with Crippen molar-refractivity contribution in [3.05, 3.63) is 60.5 Å². The molecule has 0 saturated carbocycles. The van der Waals surface area contributed by atoms with Crippen molar-refractivity contribution in [3.63, 3.8) is 0 Å². The molecule has 2 bridgehead atoms. The number of para-hydroxylation sites is 1. The van der Waals surface area contributed by atoms with Crippen LogP contribution in [0.25, 0.3) is 11.5 Å². The lowest BCUT2D eigenvalue weighted by atomic mass is 9.74. The average molecular weight is 406 g/mol. The maximum atomic E-state index is 12.1. The predicted octanol–water partition coefficient (Wildman–Crippen LogP) is 4.11. The maximum Gasteiger partial charge on any atom is 0.411 e. The molecule has 0 aliphatic carbocycles. The quantitative estimate of drug-likeness (QED) is 0.690. The van der Waals surface area contributed by atoms with Crippen molar-refractivity contribution in [2.45, 2.75) is 24.8 Å². The van der Waals surface area contributed by atoms with Crippen LogP contribution in [0.3, 0.4) is 0 Å². The van der Waals surface area contributed by atoms with Gasteiger partial charge in [0.1, 0.15) is 12.3 Å². The first kappa shape index (κ1) is 18.9. The van der Waals surface area contributed by atoms with Crippen LogP contribution in [-0.4, -0.2) is 46.5 Å². The summed E-state index contributed by atoms with van der Waals surface area (Å²) in [6.45, 7) is 2.44. The Balaban J connectivity index is 1.21. The SMILES string of the molecule is Cn1nc(-c2ccco2)cc1[C@@H]1CN2CC[C@H]1C[C@@H]2COC(=O)Nc1ccccc1. The summed E-state index contributed by atoms with van der Waals surface area (Å²) in [7, 11) is 2.01. The number of nitrogens with zero attached hydrogens (tertiary/aromatic N) is 3. The van der Waals surface area contributed by atoms with Gasteiger partial charge in [-0.3, -0.25) is 14.9 Å². The molecule has 3 aliphatic rings. The second-order valence-corrected chi connectivity index (χ2v) is 8.18. The zero-order valence-corrected chi connectivity index (χ0v) is 17.0. The maximum absolute atomic E-state index is 12.1. The highest BCUT2D eigenvalue weighted by molar-refractivity contribution is 5.84. The summed E-state index contributed by atoms with van der Waals surface area (Å²) in [4.78, 5) is 14.6. The molecule has 1 amide bonds. The first-order valence-electron chi connectivity index (χ1n) is 10.5. The normalized spacial score (nSPS) is 25.2. The molecule has 1 N–H and O–H groups in total. The molecule has 3 aromatic rings. The molecule has 6 rings (SSSR count). The summed E-state index contributed by atoms with van der Waals surface area (Å²) < 4.78 is 13.0. The number of piperidine rings is 3. The van der Waals surface area contributed by atoms with Gasteiger partial charge >= 0.3 is 6.09 Å². The Morgan fingerprint density at radius 2 is 2.13 bits per heavy atom. The number of furan rings is 1. The Hall–Kier alpha value is -3.06. The number of anilines is 1. The summed E-state index contributed by atoms with van der Waals surface area (Å²) in [5.41, 5.74) is 2.88. The van der Waals surface area contributed by atoms with Crippen molar-refractivity contribution in [1.82, 2.24) is 14.7 Å². The predicted molar refractivity (Wildman–Crippen MR) is 113 cm³/mol. The van der Waals surface area contributed by atoms with Gasteiger partial charge in [0.25, 0.3) is 0 Å². The van der Waals surface area contributed by atoms with E-state index in [4.69, 9.17) is 9.15 Å². The summed E-state index contributed by atoms with van der Waals surface area (Å²) in [5.74, 6) is 1.81. The second-order valence-electron chi connectivity index (χ2n) is 8.18. The third kappa shape index (κ3) is 3.73. The van der Waals surface area contributed by atoms with Gasteiger partial charge in [-0.2, -0.15) is 5.10 Å². The number of carbonyl (C=O) groups excluding carboxylic acids is 1. The largest absolute Gasteiger partial charge is 0.463 e. The van der Waals surface area contributed by atoms with Crippen molar-refractivity contribution in [3.8, 4) is 11.5 Å². The molecule has 1 aromatic carbocycles.